The fraction of sp³-hybridized carbons (Fsp3) is 0. The minimum atomic E-state index is -0.687. The SMILES string of the molecule is O=[N+]([O-])c1cnc2c(F)cc(Cl)cc2c1Cl. The Morgan fingerprint density at radius 2 is 2.06 bits per heavy atom. The molecule has 0 atom stereocenters. The van der Waals surface area contributed by atoms with E-state index < -0.39 is 10.7 Å². The summed E-state index contributed by atoms with van der Waals surface area (Å²) in [5.41, 5.74) is -0.421. The molecule has 2 rings (SSSR count). The second-order valence-corrected chi connectivity index (χ2v) is 3.81. The van der Waals surface area contributed by atoms with Crippen LogP contribution in [-0.4, -0.2) is 9.91 Å². The summed E-state index contributed by atoms with van der Waals surface area (Å²) in [7, 11) is 0. The third-order valence-electron chi connectivity index (χ3n) is 2.00. The van der Waals surface area contributed by atoms with Crippen LogP contribution in [0.5, 0.6) is 0 Å². The summed E-state index contributed by atoms with van der Waals surface area (Å²) in [4.78, 5) is 13.5. The van der Waals surface area contributed by atoms with Crippen molar-refractivity contribution in [2.45, 2.75) is 0 Å². The van der Waals surface area contributed by atoms with Gasteiger partial charge in [-0.1, -0.05) is 23.2 Å². The fourth-order valence-electron chi connectivity index (χ4n) is 1.31. The zero-order chi connectivity index (χ0) is 11.9. The Morgan fingerprint density at radius 1 is 1.38 bits per heavy atom. The second kappa shape index (κ2) is 3.84. The van der Waals surface area contributed by atoms with Crippen molar-refractivity contribution in [2.75, 3.05) is 0 Å². The highest BCUT2D eigenvalue weighted by Crippen LogP contribution is 2.33. The van der Waals surface area contributed by atoms with Crippen molar-refractivity contribution in [2.24, 2.45) is 0 Å². The first kappa shape index (κ1) is 11.0. The molecule has 0 N–H and O–H groups in total. The normalized spacial score (nSPS) is 10.7. The number of pyridine rings is 1. The van der Waals surface area contributed by atoms with Gasteiger partial charge < -0.3 is 0 Å². The van der Waals surface area contributed by atoms with Crippen molar-refractivity contribution in [3.63, 3.8) is 0 Å². The van der Waals surface area contributed by atoms with Crippen LogP contribution in [-0.2, 0) is 0 Å². The predicted octanol–water partition coefficient (Wildman–Crippen LogP) is 3.59. The van der Waals surface area contributed by atoms with Crippen molar-refractivity contribution in [3.8, 4) is 0 Å². The first-order chi connectivity index (χ1) is 7.50. The molecule has 0 saturated carbocycles. The van der Waals surface area contributed by atoms with E-state index in [1.54, 1.807) is 0 Å². The Kier molecular flexibility index (Phi) is 2.65. The number of aromatic nitrogens is 1. The summed E-state index contributed by atoms with van der Waals surface area (Å²) in [6, 6.07) is 2.40. The monoisotopic (exact) mass is 260 g/mol. The standard InChI is InChI=1S/C9H3Cl2FN2O2/c10-4-1-5-8(11)7(14(15)16)3-13-9(5)6(12)2-4/h1-3H. The molecule has 0 amide bonds. The Balaban J connectivity index is 2.89. The van der Waals surface area contributed by atoms with E-state index in [1.165, 1.54) is 6.07 Å². The molecule has 0 aliphatic rings. The van der Waals surface area contributed by atoms with Crippen LogP contribution in [0, 0.1) is 15.9 Å². The smallest absolute Gasteiger partial charge is 0.258 e. The van der Waals surface area contributed by atoms with Crippen LogP contribution in [0.1, 0.15) is 0 Å². The van der Waals surface area contributed by atoms with E-state index in [1.807, 2.05) is 0 Å². The number of hydrogen-bond donors (Lipinski definition) is 0. The molecular weight excluding hydrogens is 258 g/mol. The van der Waals surface area contributed by atoms with Crippen molar-refractivity contribution in [1.29, 1.82) is 0 Å². The number of benzene rings is 1. The molecule has 0 fully saturated rings. The summed E-state index contributed by atoms with van der Waals surface area (Å²) in [6.07, 6.45) is 0.918. The number of halogens is 3. The third-order valence-corrected chi connectivity index (χ3v) is 2.62. The van der Waals surface area contributed by atoms with Crippen LogP contribution >= 0.6 is 23.2 Å². The molecule has 1 aromatic heterocycles. The highest BCUT2D eigenvalue weighted by Gasteiger charge is 2.18. The Hall–Kier alpha value is -1.46. The van der Waals surface area contributed by atoms with Gasteiger partial charge in [0, 0.05) is 10.4 Å². The Bertz CT molecular complexity index is 604. The van der Waals surface area contributed by atoms with Gasteiger partial charge in [-0.25, -0.2) is 9.37 Å². The zero-order valence-electron chi connectivity index (χ0n) is 7.58. The van der Waals surface area contributed by atoms with Gasteiger partial charge in [-0.3, -0.25) is 10.1 Å². The summed E-state index contributed by atoms with van der Waals surface area (Å²) in [6.45, 7) is 0. The van der Waals surface area contributed by atoms with E-state index in [9.17, 15) is 14.5 Å². The van der Waals surface area contributed by atoms with E-state index in [-0.39, 0.29) is 26.6 Å². The number of rotatable bonds is 1. The summed E-state index contributed by atoms with van der Waals surface area (Å²) in [5.74, 6) is -0.667. The van der Waals surface area contributed by atoms with E-state index in [0.717, 1.165) is 12.3 Å². The van der Waals surface area contributed by atoms with E-state index >= 15 is 0 Å². The molecule has 0 spiro atoms. The molecular formula is C9H3Cl2FN2O2. The molecule has 2 aromatic rings. The minimum absolute atomic E-state index is 0.0417. The highest BCUT2D eigenvalue weighted by atomic mass is 35.5. The molecule has 0 bridgehead atoms. The largest absolute Gasteiger partial charge is 0.306 e. The van der Waals surface area contributed by atoms with Crippen molar-refractivity contribution in [3.05, 3.63) is 44.3 Å². The molecule has 7 heteroatoms. The topological polar surface area (TPSA) is 56.0 Å². The van der Waals surface area contributed by atoms with Crippen molar-refractivity contribution >= 4 is 39.8 Å². The fourth-order valence-corrected chi connectivity index (χ4v) is 1.78. The lowest BCUT2D eigenvalue weighted by molar-refractivity contribution is -0.384. The van der Waals surface area contributed by atoms with Gasteiger partial charge in [-0.05, 0) is 12.1 Å². The molecule has 1 heterocycles. The minimum Gasteiger partial charge on any atom is -0.258 e. The molecule has 1 aromatic carbocycles. The van der Waals surface area contributed by atoms with Crippen LogP contribution < -0.4 is 0 Å². The van der Waals surface area contributed by atoms with Crippen LogP contribution in [0.4, 0.5) is 10.1 Å². The molecule has 16 heavy (non-hydrogen) atoms. The number of nitro groups is 1. The zero-order valence-corrected chi connectivity index (χ0v) is 9.09. The van der Waals surface area contributed by atoms with Gasteiger partial charge in [0.1, 0.15) is 16.7 Å². The second-order valence-electron chi connectivity index (χ2n) is 3.00. The highest BCUT2D eigenvalue weighted by molar-refractivity contribution is 6.38. The average Bonchev–Trinajstić information content (AvgIpc) is 2.19. The van der Waals surface area contributed by atoms with Crippen LogP contribution in [0.2, 0.25) is 10.0 Å². The quantitative estimate of drug-likeness (QED) is 0.582. The van der Waals surface area contributed by atoms with Gasteiger partial charge in [0.2, 0.25) is 0 Å². The van der Waals surface area contributed by atoms with Gasteiger partial charge in [0.05, 0.1) is 4.92 Å². The maximum absolute atomic E-state index is 13.4. The summed E-state index contributed by atoms with van der Waals surface area (Å²) in [5, 5.41) is 10.7. The van der Waals surface area contributed by atoms with Gasteiger partial charge >= 0.3 is 5.69 Å². The van der Waals surface area contributed by atoms with Crippen molar-refractivity contribution < 1.29 is 9.31 Å². The van der Waals surface area contributed by atoms with Gasteiger partial charge in [-0.15, -0.1) is 0 Å². The van der Waals surface area contributed by atoms with E-state index in [4.69, 9.17) is 23.2 Å². The summed E-state index contributed by atoms with van der Waals surface area (Å²) < 4.78 is 13.4. The van der Waals surface area contributed by atoms with Gasteiger partial charge in [-0.2, -0.15) is 0 Å². The maximum Gasteiger partial charge on any atom is 0.306 e. The number of nitrogens with zero attached hydrogens (tertiary/aromatic N) is 2. The van der Waals surface area contributed by atoms with Crippen LogP contribution in [0.3, 0.4) is 0 Å². The molecule has 0 unspecified atom stereocenters. The lowest BCUT2D eigenvalue weighted by atomic mass is 10.2. The molecule has 82 valence electrons. The van der Waals surface area contributed by atoms with E-state index in [0.29, 0.717) is 0 Å². The maximum atomic E-state index is 13.4. The lowest BCUT2D eigenvalue weighted by Gasteiger charge is -2.02. The molecule has 0 aliphatic carbocycles. The average molecular weight is 261 g/mol. The van der Waals surface area contributed by atoms with Crippen LogP contribution in [0.15, 0.2) is 18.3 Å². The Labute approximate surface area is 98.8 Å². The molecule has 4 nitrogen and oxygen atoms in total. The first-order valence-corrected chi connectivity index (χ1v) is 4.84. The van der Waals surface area contributed by atoms with Gasteiger partial charge in [0.25, 0.3) is 0 Å². The summed E-state index contributed by atoms with van der Waals surface area (Å²) >= 11 is 11.4. The molecule has 0 aliphatic heterocycles. The molecule has 0 radical (unpaired) electrons. The third kappa shape index (κ3) is 1.68. The number of hydrogen-bond acceptors (Lipinski definition) is 3. The Morgan fingerprint density at radius 3 is 2.69 bits per heavy atom. The van der Waals surface area contributed by atoms with Crippen molar-refractivity contribution in [1.82, 2.24) is 4.98 Å². The van der Waals surface area contributed by atoms with Gasteiger partial charge in [0.15, 0.2) is 5.82 Å². The predicted molar refractivity (Wildman–Crippen MR) is 58.4 cm³/mol. The molecule has 0 saturated heterocycles. The number of fused-ring (bicyclic) bond motifs is 1. The van der Waals surface area contributed by atoms with Crippen LogP contribution in [0.25, 0.3) is 10.9 Å². The van der Waals surface area contributed by atoms with E-state index in [2.05, 4.69) is 4.98 Å². The first-order valence-electron chi connectivity index (χ1n) is 4.08. The lowest BCUT2D eigenvalue weighted by Crippen LogP contribution is -1.93.